The van der Waals surface area contributed by atoms with Crippen molar-refractivity contribution < 1.29 is 19.1 Å². The van der Waals surface area contributed by atoms with Crippen molar-refractivity contribution in [3.63, 3.8) is 0 Å². The van der Waals surface area contributed by atoms with Gasteiger partial charge in [-0.1, -0.05) is 11.6 Å². The van der Waals surface area contributed by atoms with Gasteiger partial charge >= 0.3 is 0 Å². The summed E-state index contributed by atoms with van der Waals surface area (Å²) in [5.74, 6) is -0.332. The number of methoxy groups -OCH3 is 1. The smallest absolute Gasteiger partial charge is 0.269 e. The van der Waals surface area contributed by atoms with Crippen LogP contribution in [0.15, 0.2) is 48.7 Å². The van der Waals surface area contributed by atoms with Crippen LogP contribution in [-0.4, -0.2) is 25.5 Å². The lowest BCUT2D eigenvalue weighted by molar-refractivity contribution is -0.113. The fourth-order valence-corrected chi connectivity index (χ4v) is 2.74. The second-order valence-electron chi connectivity index (χ2n) is 5.32. The Labute approximate surface area is 150 Å². The summed E-state index contributed by atoms with van der Waals surface area (Å²) in [6.45, 7) is 2.23. The van der Waals surface area contributed by atoms with Gasteiger partial charge in [0, 0.05) is 10.6 Å². The van der Waals surface area contributed by atoms with E-state index in [0.29, 0.717) is 39.8 Å². The highest BCUT2D eigenvalue weighted by Gasteiger charge is 2.36. The number of anilines is 1. The van der Waals surface area contributed by atoms with Crippen molar-refractivity contribution in [2.24, 2.45) is 0 Å². The number of hydrogen-bond acceptors (Lipinski definition) is 4. The Kier molecular flexibility index (Phi) is 4.76. The van der Waals surface area contributed by atoms with Crippen LogP contribution in [0.1, 0.15) is 22.8 Å². The number of carbonyl (C=O) groups excluding carboxylic acids is 2. The van der Waals surface area contributed by atoms with E-state index in [0.717, 1.165) is 4.90 Å². The van der Waals surface area contributed by atoms with Crippen LogP contribution in [0.2, 0.25) is 5.02 Å². The van der Waals surface area contributed by atoms with Crippen molar-refractivity contribution in [3.8, 4) is 5.75 Å². The van der Waals surface area contributed by atoms with Gasteiger partial charge in [-0.3, -0.25) is 9.59 Å². The van der Waals surface area contributed by atoms with Crippen molar-refractivity contribution in [1.29, 1.82) is 0 Å². The molecular weight excluding hydrogens is 342 g/mol. The third kappa shape index (κ3) is 3.10. The first-order valence-electron chi connectivity index (χ1n) is 7.71. The molecule has 0 aromatic heterocycles. The molecule has 1 aliphatic rings. The van der Waals surface area contributed by atoms with E-state index in [1.54, 1.807) is 42.5 Å². The van der Waals surface area contributed by atoms with Crippen LogP contribution in [0.3, 0.4) is 0 Å². The minimum atomic E-state index is -0.446. The van der Waals surface area contributed by atoms with Gasteiger partial charge in [-0.15, -0.1) is 0 Å². The second-order valence-corrected chi connectivity index (χ2v) is 5.76. The molecule has 0 fully saturated rings. The molecule has 0 radical (unpaired) electrons. The molecule has 0 saturated carbocycles. The van der Waals surface area contributed by atoms with Crippen LogP contribution in [0.4, 0.5) is 5.69 Å². The summed E-state index contributed by atoms with van der Waals surface area (Å²) in [4.78, 5) is 27.0. The molecule has 0 saturated heterocycles. The highest BCUT2D eigenvalue weighted by atomic mass is 35.5. The fourth-order valence-electron chi connectivity index (χ4n) is 2.62. The number of benzene rings is 2. The molecule has 5 nitrogen and oxygen atoms in total. The van der Waals surface area contributed by atoms with Gasteiger partial charge < -0.3 is 9.47 Å². The molecule has 2 aromatic carbocycles. The summed E-state index contributed by atoms with van der Waals surface area (Å²) in [5, 5.41) is 0.521. The quantitative estimate of drug-likeness (QED) is 0.473. The lowest BCUT2D eigenvalue weighted by Crippen LogP contribution is -2.42. The van der Waals surface area contributed by atoms with Crippen LogP contribution in [0.5, 0.6) is 5.75 Å². The summed E-state index contributed by atoms with van der Waals surface area (Å²) >= 11 is 5.90. The van der Waals surface area contributed by atoms with Crippen molar-refractivity contribution in [1.82, 2.24) is 0 Å². The third-order valence-electron chi connectivity index (χ3n) is 3.84. The Morgan fingerprint density at radius 3 is 2.40 bits per heavy atom. The monoisotopic (exact) mass is 357 g/mol. The average Bonchev–Trinajstić information content (AvgIpc) is 2.63. The predicted octanol–water partition coefficient (Wildman–Crippen LogP) is 3.91. The number of rotatable bonds is 4. The van der Waals surface area contributed by atoms with Gasteiger partial charge in [0.1, 0.15) is 5.75 Å². The van der Waals surface area contributed by atoms with E-state index in [1.165, 1.54) is 13.4 Å². The lowest BCUT2D eigenvalue weighted by atomic mass is 9.93. The van der Waals surface area contributed by atoms with Gasteiger partial charge in [-0.05, 0) is 49.4 Å². The number of fused-ring (bicyclic) bond motifs is 1. The Bertz CT molecular complexity index is 858. The number of nitrogens with zero attached hydrogens (tertiary/aromatic N) is 1. The highest BCUT2D eigenvalue weighted by molar-refractivity contribution is 6.41. The largest absolute Gasteiger partial charge is 0.501 e. The Hall–Kier alpha value is -2.79. The molecule has 2 aromatic rings. The van der Waals surface area contributed by atoms with E-state index in [4.69, 9.17) is 21.1 Å². The number of carbonyl (C=O) groups is 2. The van der Waals surface area contributed by atoms with Crippen molar-refractivity contribution in [3.05, 3.63) is 64.9 Å². The minimum absolute atomic E-state index is 0.314. The van der Waals surface area contributed by atoms with Crippen molar-refractivity contribution >= 4 is 34.7 Å². The number of imide groups is 1. The number of hydrogen-bond donors (Lipinski definition) is 0. The molecule has 128 valence electrons. The maximum atomic E-state index is 12.9. The summed E-state index contributed by atoms with van der Waals surface area (Å²) in [5.41, 5.74) is 1.65. The van der Waals surface area contributed by atoms with Crippen LogP contribution < -0.4 is 9.64 Å². The van der Waals surface area contributed by atoms with Gasteiger partial charge in [0.15, 0.2) is 0 Å². The minimum Gasteiger partial charge on any atom is -0.501 e. The highest BCUT2D eigenvalue weighted by Crippen LogP contribution is 2.34. The average molecular weight is 358 g/mol. The first kappa shape index (κ1) is 17.0. The van der Waals surface area contributed by atoms with Crippen LogP contribution in [0, 0.1) is 0 Å². The lowest BCUT2D eigenvalue weighted by Gasteiger charge is -2.28. The van der Waals surface area contributed by atoms with E-state index in [2.05, 4.69) is 0 Å². The summed E-state index contributed by atoms with van der Waals surface area (Å²) in [6.07, 6.45) is 1.39. The molecule has 2 amide bonds. The third-order valence-corrected chi connectivity index (χ3v) is 4.09. The topological polar surface area (TPSA) is 55.8 Å². The van der Waals surface area contributed by atoms with Gasteiger partial charge in [-0.25, -0.2) is 4.90 Å². The van der Waals surface area contributed by atoms with E-state index in [-0.39, 0.29) is 0 Å². The van der Waals surface area contributed by atoms with E-state index in [9.17, 15) is 9.59 Å². The van der Waals surface area contributed by atoms with E-state index < -0.39 is 11.8 Å². The Balaban J connectivity index is 2.17. The molecule has 0 atom stereocenters. The van der Waals surface area contributed by atoms with Gasteiger partial charge in [-0.2, -0.15) is 0 Å². The molecule has 3 rings (SSSR count). The summed E-state index contributed by atoms with van der Waals surface area (Å²) in [7, 11) is 1.52. The molecule has 0 aliphatic carbocycles. The van der Waals surface area contributed by atoms with Crippen LogP contribution in [-0.2, 0) is 9.53 Å². The van der Waals surface area contributed by atoms with Gasteiger partial charge in [0.25, 0.3) is 11.8 Å². The van der Waals surface area contributed by atoms with Crippen LogP contribution in [0.25, 0.3) is 5.57 Å². The van der Waals surface area contributed by atoms with Crippen molar-refractivity contribution in [2.75, 3.05) is 18.6 Å². The Morgan fingerprint density at radius 1 is 1.04 bits per heavy atom. The maximum Gasteiger partial charge on any atom is 0.269 e. The van der Waals surface area contributed by atoms with Crippen molar-refractivity contribution in [2.45, 2.75) is 6.92 Å². The van der Waals surface area contributed by atoms with Crippen LogP contribution >= 0.6 is 11.6 Å². The molecule has 1 heterocycles. The maximum absolute atomic E-state index is 12.9. The van der Waals surface area contributed by atoms with E-state index >= 15 is 0 Å². The molecule has 0 N–H and O–H groups in total. The molecule has 0 unspecified atom stereocenters. The zero-order chi connectivity index (χ0) is 18.0. The molecular formula is C19H16ClNO4. The number of halogens is 1. The summed E-state index contributed by atoms with van der Waals surface area (Å²) < 4.78 is 10.5. The SMILES string of the molecule is CCO/C=C1/C(=O)N(c2ccc(Cl)cc2)C(=O)c2cc(OC)ccc21. The molecule has 0 spiro atoms. The summed E-state index contributed by atoms with van der Waals surface area (Å²) in [6, 6.07) is 11.5. The predicted molar refractivity (Wildman–Crippen MR) is 95.9 cm³/mol. The normalized spacial score (nSPS) is 15.3. The first-order valence-corrected chi connectivity index (χ1v) is 8.09. The number of amides is 2. The zero-order valence-electron chi connectivity index (χ0n) is 13.8. The molecule has 25 heavy (non-hydrogen) atoms. The van der Waals surface area contributed by atoms with Gasteiger partial charge in [0.05, 0.1) is 36.8 Å². The molecule has 0 bridgehead atoms. The first-order chi connectivity index (χ1) is 12.1. The second kappa shape index (κ2) is 6.99. The standard InChI is InChI=1S/C19H16ClNO4/c1-3-25-11-17-15-9-8-14(24-2)10-16(15)18(22)21(19(17)23)13-6-4-12(20)5-7-13/h4-11H,3H2,1-2H3/b17-11+. The van der Waals surface area contributed by atoms with E-state index in [1.807, 2.05) is 6.92 Å². The molecule has 1 aliphatic heterocycles. The Morgan fingerprint density at radius 2 is 1.76 bits per heavy atom. The molecule has 6 heteroatoms. The fraction of sp³-hybridized carbons (Fsp3) is 0.158. The van der Waals surface area contributed by atoms with Gasteiger partial charge in [0.2, 0.25) is 0 Å². The number of ether oxygens (including phenoxy) is 2. The zero-order valence-corrected chi connectivity index (χ0v) is 14.5.